The minimum Gasteiger partial charge on any atom is -0.353 e. The molecule has 0 saturated carbocycles. The molecule has 26 heavy (non-hydrogen) atoms. The van der Waals surface area contributed by atoms with Crippen LogP contribution in [0.5, 0.6) is 0 Å². The van der Waals surface area contributed by atoms with Crippen molar-refractivity contribution in [1.82, 2.24) is 20.1 Å². The summed E-state index contributed by atoms with van der Waals surface area (Å²) in [6.07, 6.45) is 3.94. The number of nitrogens with zero attached hydrogens (tertiary/aromatic N) is 2. The molecule has 142 valence electrons. The van der Waals surface area contributed by atoms with Crippen LogP contribution in [0.2, 0.25) is 0 Å². The van der Waals surface area contributed by atoms with Gasteiger partial charge in [0.05, 0.1) is 6.04 Å². The summed E-state index contributed by atoms with van der Waals surface area (Å²) in [4.78, 5) is 14.9. The maximum absolute atomic E-state index is 12.8. The zero-order valence-electron chi connectivity index (χ0n) is 16.7. The Balaban J connectivity index is 1.91. The summed E-state index contributed by atoms with van der Waals surface area (Å²) in [5.74, 6) is 0.663. The van der Waals surface area contributed by atoms with Gasteiger partial charge in [0.1, 0.15) is 0 Å². The summed E-state index contributed by atoms with van der Waals surface area (Å²) in [5, 5.41) is 8.09. The molecule has 0 saturated heterocycles. The van der Waals surface area contributed by atoms with Gasteiger partial charge in [-0.05, 0) is 50.0 Å². The molecule has 1 amide bonds. The highest BCUT2D eigenvalue weighted by Crippen LogP contribution is 2.35. The monoisotopic (exact) mass is 356 g/mol. The van der Waals surface area contributed by atoms with Gasteiger partial charge in [0.25, 0.3) is 0 Å². The first-order valence-electron chi connectivity index (χ1n) is 9.62. The van der Waals surface area contributed by atoms with E-state index in [1.807, 2.05) is 14.1 Å². The molecule has 0 bridgehead atoms. The second-order valence-electron chi connectivity index (χ2n) is 8.21. The van der Waals surface area contributed by atoms with Crippen LogP contribution in [0.15, 0.2) is 24.4 Å². The third kappa shape index (κ3) is 3.94. The van der Waals surface area contributed by atoms with E-state index in [0.29, 0.717) is 12.5 Å². The van der Waals surface area contributed by atoms with Crippen molar-refractivity contribution in [2.45, 2.75) is 38.8 Å². The van der Waals surface area contributed by atoms with Gasteiger partial charge >= 0.3 is 0 Å². The van der Waals surface area contributed by atoms with Gasteiger partial charge in [-0.1, -0.05) is 26.0 Å². The zero-order chi connectivity index (χ0) is 18.8. The van der Waals surface area contributed by atoms with E-state index in [1.165, 1.54) is 22.0 Å². The fraction of sp³-hybridized carbons (Fsp3) is 0.571. The van der Waals surface area contributed by atoms with Gasteiger partial charge in [-0.15, -0.1) is 0 Å². The summed E-state index contributed by atoms with van der Waals surface area (Å²) in [6, 6.07) is 6.53. The molecule has 1 aliphatic heterocycles. The molecule has 1 aliphatic rings. The second-order valence-corrected chi connectivity index (χ2v) is 8.21. The van der Waals surface area contributed by atoms with Crippen molar-refractivity contribution in [3.05, 3.63) is 35.5 Å². The van der Waals surface area contributed by atoms with Crippen LogP contribution in [0, 0.1) is 5.92 Å². The lowest BCUT2D eigenvalue weighted by Gasteiger charge is -2.25. The van der Waals surface area contributed by atoms with Crippen LogP contribution in [0.4, 0.5) is 0 Å². The topological polar surface area (TPSA) is 49.3 Å². The lowest BCUT2D eigenvalue weighted by Crippen LogP contribution is -2.47. The third-order valence-corrected chi connectivity index (χ3v) is 5.21. The molecule has 2 aromatic rings. The Hall–Kier alpha value is -1.85. The van der Waals surface area contributed by atoms with Crippen LogP contribution in [-0.2, 0) is 18.3 Å². The average molecular weight is 357 g/mol. The minimum atomic E-state index is -0.195. The lowest BCUT2D eigenvalue weighted by molar-refractivity contribution is -0.123. The van der Waals surface area contributed by atoms with Gasteiger partial charge in [0.2, 0.25) is 5.91 Å². The zero-order valence-corrected chi connectivity index (χ0v) is 16.7. The number of amides is 1. The summed E-state index contributed by atoms with van der Waals surface area (Å²) in [6.45, 7) is 6.01. The number of benzene rings is 1. The third-order valence-electron chi connectivity index (χ3n) is 5.21. The second kappa shape index (κ2) is 7.80. The molecule has 3 rings (SSSR count). The van der Waals surface area contributed by atoms with Crippen molar-refractivity contribution < 1.29 is 4.79 Å². The lowest BCUT2D eigenvalue weighted by atomic mass is 9.94. The van der Waals surface area contributed by atoms with E-state index in [9.17, 15) is 4.79 Å². The number of likely N-dealkylation sites (N-methyl/N-ethyl adjacent to an activating group) is 1. The minimum absolute atomic E-state index is 0.102. The number of nitrogens with one attached hydrogen (secondary N) is 2. The van der Waals surface area contributed by atoms with Crippen LogP contribution >= 0.6 is 0 Å². The fourth-order valence-electron chi connectivity index (χ4n) is 3.99. The smallest absolute Gasteiger partial charge is 0.237 e. The van der Waals surface area contributed by atoms with Crippen LogP contribution in [0.3, 0.4) is 0 Å². The molecule has 1 aromatic heterocycles. The Morgan fingerprint density at radius 1 is 1.38 bits per heavy atom. The highest BCUT2D eigenvalue weighted by Gasteiger charge is 2.30. The number of hydrogen-bond acceptors (Lipinski definition) is 3. The Bertz CT molecular complexity index is 778. The molecule has 2 atom stereocenters. The fourth-order valence-corrected chi connectivity index (χ4v) is 3.99. The van der Waals surface area contributed by atoms with Gasteiger partial charge in [-0.3, -0.25) is 10.1 Å². The first-order chi connectivity index (χ1) is 12.4. The molecule has 5 nitrogen and oxygen atoms in total. The Morgan fingerprint density at radius 2 is 2.15 bits per heavy atom. The highest BCUT2D eigenvalue weighted by atomic mass is 16.2. The van der Waals surface area contributed by atoms with E-state index in [2.05, 4.69) is 65.4 Å². The quantitative estimate of drug-likeness (QED) is 0.836. The van der Waals surface area contributed by atoms with Gasteiger partial charge in [-0.2, -0.15) is 0 Å². The number of aromatic nitrogens is 1. The maximum atomic E-state index is 12.8. The Morgan fingerprint density at radius 3 is 2.85 bits per heavy atom. The molecule has 2 unspecified atom stereocenters. The largest absolute Gasteiger partial charge is 0.353 e. The summed E-state index contributed by atoms with van der Waals surface area (Å²) < 4.78 is 2.19. The summed E-state index contributed by atoms with van der Waals surface area (Å²) in [5.41, 5.74) is 3.85. The molecular formula is C21H32N4O. The van der Waals surface area contributed by atoms with E-state index >= 15 is 0 Å². The van der Waals surface area contributed by atoms with E-state index in [-0.39, 0.29) is 18.0 Å². The number of rotatable bonds is 6. The van der Waals surface area contributed by atoms with Crippen molar-refractivity contribution in [2.75, 3.05) is 27.2 Å². The number of hydrogen-bond donors (Lipinski definition) is 2. The standard InChI is InChI=1S/C21H32N4O/c1-14(2)11-17-16-7-6-8-19-20(16)15(13-25(19)5)12-18(23-17)21(26)22-9-10-24(3)4/h6-8,13-14,17-18,23H,9-12H2,1-5H3,(H,22,26). The van der Waals surface area contributed by atoms with Crippen LogP contribution in [0.25, 0.3) is 10.9 Å². The predicted molar refractivity (Wildman–Crippen MR) is 107 cm³/mol. The molecule has 0 radical (unpaired) electrons. The van der Waals surface area contributed by atoms with E-state index < -0.39 is 0 Å². The molecule has 2 N–H and O–H groups in total. The molecule has 2 heterocycles. The van der Waals surface area contributed by atoms with E-state index in [0.717, 1.165) is 19.4 Å². The summed E-state index contributed by atoms with van der Waals surface area (Å²) >= 11 is 0. The van der Waals surface area contributed by atoms with Crippen LogP contribution < -0.4 is 10.6 Å². The molecular weight excluding hydrogens is 324 g/mol. The van der Waals surface area contributed by atoms with Crippen molar-refractivity contribution >= 4 is 16.8 Å². The number of carbonyl (C=O) groups excluding carboxylic acids is 1. The van der Waals surface area contributed by atoms with Crippen molar-refractivity contribution in [2.24, 2.45) is 13.0 Å². The van der Waals surface area contributed by atoms with Gasteiger partial charge in [0, 0.05) is 43.3 Å². The van der Waals surface area contributed by atoms with Crippen molar-refractivity contribution in [1.29, 1.82) is 0 Å². The molecule has 0 aliphatic carbocycles. The molecule has 5 heteroatoms. The van der Waals surface area contributed by atoms with Crippen LogP contribution in [0.1, 0.15) is 37.4 Å². The maximum Gasteiger partial charge on any atom is 0.237 e. The van der Waals surface area contributed by atoms with Gasteiger partial charge in [-0.25, -0.2) is 0 Å². The number of aryl methyl sites for hydroxylation is 1. The van der Waals surface area contributed by atoms with E-state index in [1.54, 1.807) is 0 Å². The van der Waals surface area contributed by atoms with Gasteiger partial charge in [0.15, 0.2) is 0 Å². The predicted octanol–water partition coefficient (Wildman–Crippen LogP) is 2.46. The van der Waals surface area contributed by atoms with E-state index in [4.69, 9.17) is 0 Å². The Labute approximate surface area is 156 Å². The molecule has 1 aromatic carbocycles. The first-order valence-corrected chi connectivity index (χ1v) is 9.62. The van der Waals surface area contributed by atoms with Crippen LogP contribution in [-0.4, -0.2) is 48.6 Å². The first kappa shape index (κ1) is 18.9. The normalized spacial score (nSPS) is 20.0. The molecule has 0 fully saturated rings. The summed E-state index contributed by atoms with van der Waals surface area (Å²) in [7, 11) is 6.13. The van der Waals surface area contributed by atoms with Crippen molar-refractivity contribution in [3.8, 4) is 0 Å². The number of carbonyl (C=O) groups is 1. The SMILES string of the molecule is CC(C)CC1NC(C(=O)NCCN(C)C)Cc2cn(C)c3cccc1c23. The molecule has 0 spiro atoms. The van der Waals surface area contributed by atoms with Gasteiger partial charge < -0.3 is 14.8 Å². The highest BCUT2D eigenvalue weighted by molar-refractivity contribution is 5.90. The Kier molecular flexibility index (Phi) is 5.68. The van der Waals surface area contributed by atoms with Crippen molar-refractivity contribution in [3.63, 3.8) is 0 Å². The average Bonchev–Trinajstić information content (AvgIpc) is 2.79.